The summed E-state index contributed by atoms with van der Waals surface area (Å²) in [7, 11) is 0. The van der Waals surface area contributed by atoms with Crippen LogP contribution >= 0.6 is 0 Å². The molecule has 0 bridgehead atoms. The second-order valence-electron chi connectivity index (χ2n) is 13.0. The van der Waals surface area contributed by atoms with E-state index in [0.717, 1.165) is 50.2 Å². The van der Waals surface area contributed by atoms with Gasteiger partial charge in [0.05, 0.1) is 11.0 Å². The number of aromatic nitrogens is 1. The Bertz CT molecular complexity index is 2830. The highest BCUT2D eigenvalue weighted by molar-refractivity contribution is 6.17. The van der Waals surface area contributed by atoms with Crippen molar-refractivity contribution in [3.8, 4) is 27.9 Å². The van der Waals surface area contributed by atoms with E-state index in [1.165, 1.54) is 38.5 Å². The third kappa shape index (κ3) is 4.90. The molecule has 2 heterocycles. The minimum atomic E-state index is 0.886. The summed E-state index contributed by atoms with van der Waals surface area (Å²) >= 11 is 0. The van der Waals surface area contributed by atoms with Crippen molar-refractivity contribution in [2.24, 2.45) is 0 Å². The first-order chi connectivity index (χ1) is 25.3. The maximum Gasteiger partial charge on any atom is 0.135 e. The van der Waals surface area contributed by atoms with Crippen molar-refractivity contribution in [2.75, 3.05) is 4.90 Å². The van der Waals surface area contributed by atoms with Crippen LogP contribution in [0.3, 0.4) is 0 Å². The van der Waals surface area contributed by atoms with Crippen molar-refractivity contribution in [3.05, 3.63) is 194 Å². The van der Waals surface area contributed by atoms with E-state index in [1.807, 2.05) is 12.1 Å². The number of fused-ring (bicyclic) bond motifs is 6. The predicted molar refractivity (Wildman–Crippen MR) is 214 cm³/mol. The van der Waals surface area contributed by atoms with E-state index in [1.54, 1.807) is 0 Å². The molecule has 0 radical (unpaired) electrons. The summed E-state index contributed by atoms with van der Waals surface area (Å²) in [5.74, 6) is 0. The lowest BCUT2D eigenvalue weighted by molar-refractivity contribution is 0.669. The molecular weight excluding hydrogens is 621 g/mol. The van der Waals surface area contributed by atoms with Crippen LogP contribution in [-0.2, 0) is 0 Å². The zero-order valence-corrected chi connectivity index (χ0v) is 27.8. The van der Waals surface area contributed by atoms with Crippen LogP contribution in [0.5, 0.6) is 0 Å². The molecular formula is C48H32N2O. The second-order valence-corrected chi connectivity index (χ2v) is 13.0. The number of nitrogens with zero attached hydrogens (tertiary/aromatic N) is 2. The van der Waals surface area contributed by atoms with Gasteiger partial charge in [-0.15, -0.1) is 0 Å². The summed E-state index contributed by atoms with van der Waals surface area (Å²) in [6.45, 7) is 0. The van der Waals surface area contributed by atoms with E-state index in [0.29, 0.717) is 0 Å². The van der Waals surface area contributed by atoms with E-state index in [4.69, 9.17) is 4.42 Å². The first kappa shape index (κ1) is 29.1. The number of para-hydroxylation sites is 3. The van der Waals surface area contributed by atoms with Gasteiger partial charge in [-0.05, 0) is 95.1 Å². The average molecular weight is 653 g/mol. The maximum absolute atomic E-state index is 6.22. The fourth-order valence-corrected chi connectivity index (χ4v) is 7.64. The Balaban J connectivity index is 1.21. The van der Waals surface area contributed by atoms with Crippen LogP contribution in [0.2, 0.25) is 0 Å². The molecule has 8 aromatic carbocycles. The lowest BCUT2D eigenvalue weighted by Gasteiger charge is -2.25. The van der Waals surface area contributed by atoms with E-state index >= 15 is 0 Å². The van der Waals surface area contributed by atoms with Crippen molar-refractivity contribution in [3.63, 3.8) is 0 Å². The van der Waals surface area contributed by atoms with Gasteiger partial charge < -0.3 is 13.9 Å². The SMILES string of the molecule is c1ccc(-c2ccc(-c3cccc4c3c3cc(N(c5ccccc5)c5ccc6oc7ccccc7c6c5)ccc3n4-c3ccccc3)cc2)cc1. The van der Waals surface area contributed by atoms with Crippen molar-refractivity contribution in [1.29, 1.82) is 0 Å². The topological polar surface area (TPSA) is 21.3 Å². The van der Waals surface area contributed by atoms with Crippen molar-refractivity contribution in [1.82, 2.24) is 4.57 Å². The smallest absolute Gasteiger partial charge is 0.135 e. The Kier molecular flexibility index (Phi) is 6.81. The van der Waals surface area contributed by atoms with Gasteiger partial charge in [0, 0.05) is 44.3 Å². The average Bonchev–Trinajstić information content (AvgIpc) is 3.74. The molecule has 10 aromatic rings. The Morgan fingerprint density at radius 2 is 0.980 bits per heavy atom. The molecule has 51 heavy (non-hydrogen) atoms. The summed E-state index contributed by atoms with van der Waals surface area (Å²) < 4.78 is 8.61. The third-order valence-corrected chi connectivity index (χ3v) is 9.98. The van der Waals surface area contributed by atoms with Gasteiger partial charge in [0.15, 0.2) is 0 Å². The Hall–Kier alpha value is -6.84. The lowest BCUT2D eigenvalue weighted by atomic mass is 9.96. The quantitative estimate of drug-likeness (QED) is 0.178. The molecule has 2 aromatic heterocycles. The summed E-state index contributed by atoms with van der Waals surface area (Å²) in [5, 5.41) is 4.65. The van der Waals surface area contributed by atoms with Crippen LogP contribution in [0.25, 0.3) is 71.7 Å². The fourth-order valence-electron chi connectivity index (χ4n) is 7.64. The predicted octanol–water partition coefficient (Wildman–Crippen LogP) is 13.5. The molecule has 3 heteroatoms. The summed E-state index contributed by atoms with van der Waals surface area (Å²) in [5.41, 5.74) is 13.3. The number of furan rings is 1. The Morgan fingerprint density at radius 3 is 1.76 bits per heavy atom. The monoisotopic (exact) mass is 652 g/mol. The highest BCUT2D eigenvalue weighted by Gasteiger charge is 2.20. The number of benzene rings is 8. The molecule has 0 amide bonds. The third-order valence-electron chi connectivity index (χ3n) is 9.98. The zero-order chi connectivity index (χ0) is 33.7. The van der Waals surface area contributed by atoms with Crippen molar-refractivity contribution in [2.45, 2.75) is 0 Å². The summed E-state index contributed by atoms with van der Waals surface area (Å²) in [4.78, 5) is 2.35. The van der Waals surface area contributed by atoms with E-state index < -0.39 is 0 Å². The highest BCUT2D eigenvalue weighted by Crippen LogP contribution is 2.44. The molecule has 240 valence electrons. The molecule has 3 nitrogen and oxygen atoms in total. The molecule has 10 rings (SSSR count). The Labute approximate surface area is 295 Å². The van der Waals surface area contributed by atoms with E-state index in [2.05, 4.69) is 191 Å². The van der Waals surface area contributed by atoms with Crippen LogP contribution in [0.15, 0.2) is 199 Å². The number of rotatable bonds is 6. The van der Waals surface area contributed by atoms with Gasteiger partial charge in [0.1, 0.15) is 11.2 Å². The van der Waals surface area contributed by atoms with E-state index in [9.17, 15) is 0 Å². The normalized spacial score (nSPS) is 11.5. The molecule has 0 fully saturated rings. The molecule has 0 spiro atoms. The van der Waals surface area contributed by atoms with Gasteiger partial charge in [0.2, 0.25) is 0 Å². The highest BCUT2D eigenvalue weighted by atomic mass is 16.3. The van der Waals surface area contributed by atoms with Gasteiger partial charge >= 0.3 is 0 Å². The molecule has 0 N–H and O–H groups in total. The van der Waals surface area contributed by atoms with Gasteiger partial charge in [0.25, 0.3) is 0 Å². The first-order valence-corrected chi connectivity index (χ1v) is 17.4. The zero-order valence-electron chi connectivity index (χ0n) is 27.8. The minimum Gasteiger partial charge on any atom is -0.456 e. The Morgan fingerprint density at radius 1 is 0.373 bits per heavy atom. The molecule has 0 aliphatic carbocycles. The van der Waals surface area contributed by atoms with Gasteiger partial charge in [-0.25, -0.2) is 0 Å². The molecule has 0 aliphatic rings. The lowest BCUT2D eigenvalue weighted by Crippen LogP contribution is -2.09. The molecule has 0 saturated heterocycles. The summed E-state index contributed by atoms with van der Waals surface area (Å²) in [6.07, 6.45) is 0. The van der Waals surface area contributed by atoms with Gasteiger partial charge in [-0.3, -0.25) is 0 Å². The standard InChI is InChI=1S/C48H32N2O/c1-4-13-33(14-5-1)34-23-25-35(26-24-34)40-20-12-21-45-48(40)43-32-38(27-29-44(43)50(45)37-17-8-3-9-18-37)49(36-15-6-2-7-16-36)39-28-30-47-42(31-39)41-19-10-11-22-46(41)51-47/h1-32H. The van der Waals surface area contributed by atoms with Gasteiger partial charge in [-0.1, -0.05) is 121 Å². The number of anilines is 3. The molecule has 0 saturated carbocycles. The maximum atomic E-state index is 6.22. The van der Waals surface area contributed by atoms with Crippen LogP contribution in [0.1, 0.15) is 0 Å². The van der Waals surface area contributed by atoms with Crippen molar-refractivity contribution < 1.29 is 4.42 Å². The number of hydrogen-bond donors (Lipinski definition) is 0. The van der Waals surface area contributed by atoms with Crippen LogP contribution in [-0.4, -0.2) is 4.57 Å². The van der Waals surface area contributed by atoms with Crippen LogP contribution < -0.4 is 4.90 Å². The number of hydrogen-bond acceptors (Lipinski definition) is 2. The first-order valence-electron chi connectivity index (χ1n) is 17.4. The molecule has 0 atom stereocenters. The molecule has 0 unspecified atom stereocenters. The van der Waals surface area contributed by atoms with Crippen LogP contribution in [0, 0.1) is 0 Å². The fraction of sp³-hybridized carbons (Fsp3) is 0. The van der Waals surface area contributed by atoms with Crippen LogP contribution in [0.4, 0.5) is 17.1 Å². The summed E-state index contributed by atoms with van der Waals surface area (Å²) in [6, 6.07) is 69.2. The second kappa shape index (κ2) is 11.9. The van der Waals surface area contributed by atoms with E-state index in [-0.39, 0.29) is 0 Å². The van der Waals surface area contributed by atoms with Crippen molar-refractivity contribution >= 4 is 60.8 Å². The minimum absolute atomic E-state index is 0.886. The molecule has 0 aliphatic heterocycles. The van der Waals surface area contributed by atoms with Gasteiger partial charge in [-0.2, -0.15) is 0 Å². The largest absolute Gasteiger partial charge is 0.456 e.